The molecule has 0 atom stereocenters. The minimum Gasteiger partial charge on any atom is -0.477 e. The molecule has 0 radical (unpaired) electrons. The van der Waals surface area contributed by atoms with Gasteiger partial charge in [0.1, 0.15) is 0 Å². The Morgan fingerprint density at radius 2 is 2.36 bits per heavy atom. The molecule has 1 aliphatic rings. The van der Waals surface area contributed by atoms with Crippen LogP contribution in [0.2, 0.25) is 0 Å². The lowest BCUT2D eigenvalue weighted by Gasteiger charge is -2.07. The van der Waals surface area contributed by atoms with E-state index in [4.69, 9.17) is 16.3 Å². The highest BCUT2D eigenvalue weighted by atomic mass is 79.9. The molecule has 1 aliphatic carbocycles. The molecule has 0 saturated heterocycles. The molecule has 1 aromatic heterocycles. The highest BCUT2D eigenvalue weighted by molar-refractivity contribution is 9.10. The second-order valence-corrected chi connectivity index (χ2v) is 4.69. The van der Waals surface area contributed by atoms with Crippen molar-refractivity contribution in [2.24, 2.45) is 5.92 Å². The zero-order chi connectivity index (χ0) is 9.97. The van der Waals surface area contributed by atoms with Gasteiger partial charge in [0.25, 0.3) is 0 Å². The van der Waals surface area contributed by atoms with Crippen LogP contribution in [0.5, 0.6) is 5.88 Å². The number of pyridine rings is 1. The Balaban J connectivity index is 2.05. The van der Waals surface area contributed by atoms with Crippen molar-refractivity contribution in [3.63, 3.8) is 0 Å². The Bertz CT molecular complexity index is 328. The summed E-state index contributed by atoms with van der Waals surface area (Å²) >= 11 is 9.15. The van der Waals surface area contributed by atoms with Gasteiger partial charge in [-0.05, 0) is 40.8 Å². The molecule has 0 N–H and O–H groups in total. The maximum atomic E-state index is 5.79. The highest BCUT2D eigenvalue weighted by Gasteiger charge is 2.22. The van der Waals surface area contributed by atoms with E-state index in [0.29, 0.717) is 11.8 Å². The lowest BCUT2D eigenvalue weighted by molar-refractivity contribution is 0.286. The first-order valence-corrected chi connectivity index (χ1v) is 5.95. The molecule has 1 heterocycles. The van der Waals surface area contributed by atoms with E-state index in [1.807, 2.05) is 6.07 Å². The maximum Gasteiger partial charge on any atom is 0.217 e. The molecule has 2 rings (SSSR count). The quantitative estimate of drug-likeness (QED) is 0.787. The Kier molecular flexibility index (Phi) is 3.29. The number of nitrogens with zero attached hydrogens (tertiary/aromatic N) is 1. The van der Waals surface area contributed by atoms with Crippen molar-refractivity contribution < 1.29 is 4.74 Å². The van der Waals surface area contributed by atoms with Gasteiger partial charge >= 0.3 is 0 Å². The SMILES string of the molecule is ClCc1cc(Br)cnc1OCC1CC1. The highest BCUT2D eigenvalue weighted by Crippen LogP contribution is 2.30. The third kappa shape index (κ3) is 2.61. The van der Waals surface area contributed by atoms with Crippen LogP contribution < -0.4 is 4.74 Å². The van der Waals surface area contributed by atoms with Crippen molar-refractivity contribution in [1.82, 2.24) is 4.98 Å². The van der Waals surface area contributed by atoms with Crippen LogP contribution in [0, 0.1) is 5.92 Å². The number of hydrogen-bond donors (Lipinski definition) is 0. The van der Waals surface area contributed by atoms with Crippen molar-refractivity contribution >= 4 is 27.5 Å². The molecule has 0 unspecified atom stereocenters. The number of halogens is 2. The molecule has 0 aromatic carbocycles. The third-order valence-corrected chi connectivity index (χ3v) is 2.91. The second-order valence-electron chi connectivity index (χ2n) is 3.51. The predicted octanol–water partition coefficient (Wildman–Crippen LogP) is 3.37. The molecule has 0 spiro atoms. The van der Waals surface area contributed by atoms with Gasteiger partial charge in [-0.3, -0.25) is 0 Å². The molecule has 0 amide bonds. The van der Waals surface area contributed by atoms with Gasteiger partial charge in [0.15, 0.2) is 0 Å². The molecule has 14 heavy (non-hydrogen) atoms. The van der Waals surface area contributed by atoms with E-state index in [1.165, 1.54) is 12.8 Å². The largest absolute Gasteiger partial charge is 0.477 e. The van der Waals surface area contributed by atoms with E-state index in [2.05, 4.69) is 20.9 Å². The minimum absolute atomic E-state index is 0.437. The normalized spacial score (nSPS) is 15.6. The van der Waals surface area contributed by atoms with Gasteiger partial charge in [0.2, 0.25) is 5.88 Å². The summed E-state index contributed by atoms with van der Waals surface area (Å²) in [5, 5.41) is 0. The summed E-state index contributed by atoms with van der Waals surface area (Å²) in [5.41, 5.74) is 0.946. The number of hydrogen-bond acceptors (Lipinski definition) is 2. The van der Waals surface area contributed by atoms with Gasteiger partial charge in [0, 0.05) is 16.2 Å². The first kappa shape index (κ1) is 10.2. The van der Waals surface area contributed by atoms with Crippen molar-refractivity contribution in [2.75, 3.05) is 6.61 Å². The zero-order valence-electron chi connectivity index (χ0n) is 7.67. The van der Waals surface area contributed by atoms with Crippen LogP contribution in [-0.4, -0.2) is 11.6 Å². The summed E-state index contributed by atoms with van der Waals surface area (Å²) in [4.78, 5) is 4.20. The zero-order valence-corrected chi connectivity index (χ0v) is 10.0. The fraction of sp³-hybridized carbons (Fsp3) is 0.500. The van der Waals surface area contributed by atoms with Crippen LogP contribution in [0.1, 0.15) is 18.4 Å². The van der Waals surface area contributed by atoms with Gasteiger partial charge in [-0.1, -0.05) is 0 Å². The summed E-state index contributed by atoms with van der Waals surface area (Å²) in [6, 6.07) is 1.95. The second kappa shape index (κ2) is 4.49. The van der Waals surface area contributed by atoms with Crippen LogP contribution in [0.4, 0.5) is 0 Å². The van der Waals surface area contributed by atoms with E-state index in [0.717, 1.165) is 22.6 Å². The van der Waals surface area contributed by atoms with Crippen LogP contribution in [-0.2, 0) is 5.88 Å². The number of ether oxygens (including phenoxy) is 1. The van der Waals surface area contributed by atoms with Gasteiger partial charge in [-0.2, -0.15) is 0 Å². The summed E-state index contributed by atoms with van der Waals surface area (Å²) < 4.78 is 6.53. The smallest absolute Gasteiger partial charge is 0.217 e. The first-order valence-electron chi connectivity index (χ1n) is 4.63. The van der Waals surface area contributed by atoms with Crippen LogP contribution in [0.3, 0.4) is 0 Å². The first-order chi connectivity index (χ1) is 6.79. The summed E-state index contributed by atoms with van der Waals surface area (Å²) in [6.07, 6.45) is 4.30. The minimum atomic E-state index is 0.437. The molecule has 1 fully saturated rings. The molecule has 2 nitrogen and oxygen atoms in total. The van der Waals surface area contributed by atoms with E-state index >= 15 is 0 Å². The molecular formula is C10H11BrClNO. The predicted molar refractivity (Wildman–Crippen MR) is 59.7 cm³/mol. The molecule has 76 valence electrons. The topological polar surface area (TPSA) is 22.1 Å². The Labute approximate surface area is 96.8 Å². The van der Waals surface area contributed by atoms with E-state index in [9.17, 15) is 0 Å². The molecule has 0 bridgehead atoms. The lowest BCUT2D eigenvalue weighted by atomic mass is 10.3. The van der Waals surface area contributed by atoms with Crippen molar-refractivity contribution in [3.05, 3.63) is 22.3 Å². The Hall–Kier alpha value is -0.280. The lowest BCUT2D eigenvalue weighted by Crippen LogP contribution is -2.03. The number of alkyl halides is 1. The number of rotatable bonds is 4. The van der Waals surface area contributed by atoms with Crippen LogP contribution in [0.15, 0.2) is 16.7 Å². The van der Waals surface area contributed by atoms with Gasteiger partial charge < -0.3 is 4.74 Å². The van der Waals surface area contributed by atoms with Crippen molar-refractivity contribution in [3.8, 4) is 5.88 Å². The van der Waals surface area contributed by atoms with E-state index in [1.54, 1.807) is 6.20 Å². The van der Waals surface area contributed by atoms with Gasteiger partial charge in [-0.15, -0.1) is 11.6 Å². The Morgan fingerprint density at radius 3 is 3.00 bits per heavy atom. The van der Waals surface area contributed by atoms with E-state index in [-0.39, 0.29) is 0 Å². The fourth-order valence-corrected chi connectivity index (χ4v) is 1.75. The van der Waals surface area contributed by atoms with Gasteiger partial charge in [0.05, 0.1) is 12.5 Å². The summed E-state index contributed by atoms with van der Waals surface area (Å²) in [5.74, 6) is 1.85. The third-order valence-electron chi connectivity index (χ3n) is 2.19. The Morgan fingerprint density at radius 1 is 1.57 bits per heavy atom. The van der Waals surface area contributed by atoms with E-state index < -0.39 is 0 Å². The summed E-state index contributed by atoms with van der Waals surface area (Å²) in [6.45, 7) is 0.776. The van der Waals surface area contributed by atoms with Crippen LogP contribution in [0.25, 0.3) is 0 Å². The molecular weight excluding hydrogens is 265 g/mol. The molecule has 1 aromatic rings. The summed E-state index contributed by atoms with van der Waals surface area (Å²) in [7, 11) is 0. The van der Waals surface area contributed by atoms with Crippen LogP contribution >= 0.6 is 27.5 Å². The van der Waals surface area contributed by atoms with Crippen molar-refractivity contribution in [2.45, 2.75) is 18.7 Å². The molecule has 0 aliphatic heterocycles. The average molecular weight is 277 g/mol. The monoisotopic (exact) mass is 275 g/mol. The van der Waals surface area contributed by atoms with Gasteiger partial charge in [-0.25, -0.2) is 4.98 Å². The molecule has 1 saturated carbocycles. The van der Waals surface area contributed by atoms with Crippen molar-refractivity contribution in [1.29, 1.82) is 0 Å². The molecule has 4 heteroatoms. The number of aromatic nitrogens is 1. The standard InChI is InChI=1S/C10H11BrClNO/c11-9-3-8(4-12)10(13-5-9)14-6-7-1-2-7/h3,5,7H,1-2,4,6H2. The average Bonchev–Trinajstić information content (AvgIpc) is 2.99. The fourth-order valence-electron chi connectivity index (χ4n) is 1.18. The maximum absolute atomic E-state index is 5.79.